The topological polar surface area (TPSA) is 18.5 Å². The van der Waals surface area contributed by atoms with Gasteiger partial charge in [-0.2, -0.15) is 0 Å². The van der Waals surface area contributed by atoms with Crippen molar-refractivity contribution in [2.45, 2.75) is 6.92 Å². The lowest BCUT2D eigenvalue weighted by Gasteiger charge is -2.06. The van der Waals surface area contributed by atoms with Crippen LogP contribution in [0.3, 0.4) is 0 Å². The molecule has 78 valence electrons. The number of benzene rings is 1. The summed E-state index contributed by atoms with van der Waals surface area (Å²) in [4.78, 5) is 0. The molecule has 0 fully saturated rings. The predicted octanol–water partition coefficient (Wildman–Crippen LogP) is 3.00. The number of hydrogen-bond acceptors (Lipinski definition) is 2. The van der Waals surface area contributed by atoms with Gasteiger partial charge in [-0.1, -0.05) is 15.9 Å². The first-order valence-corrected chi connectivity index (χ1v) is 5.18. The van der Waals surface area contributed by atoms with Crippen molar-refractivity contribution in [2.24, 2.45) is 0 Å². The Morgan fingerprint density at radius 2 is 2.07 bits per heavy atom. The summed E-state index contributed by atoms with van der Waals surface area (Å²) in [6, 6.07) is 4.45. The van der Waals surface area contributed by atoms with Crippen molar-refractivity contribution in [2.75, 3.05) is 19.8 Å². The molecular weight excluding hydrogens is 251 g/mol. The molecule has 0 aromatic heterocycles. The minimum Gasteiger partial charge on any atom is -0.491 e. The van der Waals surface area contributed by atoms with E-state index in [1.165, 1.54) is 12.1 Å². The molecule has 14 heavy (non-hydrogen) atoms. The number of rotatable bonds is 5. The molecule has 4 heteroatoms. The molecule has 0 spiro atoms. The fourth-order valence-electron chi connectivity index (χ4n) is 0.975. The smallest absolute Gasteiger partial charge is 0.128 e. The second-order valence-electron chi connectivity index (χ2n) is 2.65. The van der Waals surface area contributed by atoms with Gasteiger partial charge >= 0.3 is 0 Å². The Bertz CT molecular complexity index is 271. The van der Waals surface area contributed by atoms with Crippen molar-refractivity contribution in [3.05, 3.63) is 28.5 Å². The molecule has 0 N–H and O–H groups in total. The highest BCUT2D eigenvalue weighted by molar-refractivity contribution is 9.10. The molecule has 1 aromatic rings. The van der Waals surface area contributed by atoms with Crippen LogP contribution in [0.2, 0.25) is 0 Å². The molecule has 0 aliphatic rings. The fourth-order valence-corrected chi connectivity index (χ4v) is 1.42. The zero-order valence-corrected chi connectivity index (χ0v) is 9.51. The number of hydrogen-bond donors (Lipinski definition) is 0. The molecule has 0 saturated carbocycles. The monoisotopic (exact) mass is 262 g/mol. The van der Waals surface area contributed by atoms with Crippen LogP contribution in [0.5, 0.6) is 5.75 Å². The Morgan fingerprint density at radius 3 is 2.71 bits per heavy atom. The number of halogens is 2. The third-order valence-corrected chi connectivity index (χ3v) is 1.99. The van der Waals surface area contributed by atoms with E-state index in [4.69, 9.17) is 9.47 Å². The molecule has 0 amide bonds. The van der Waals surface area contributed by atoms with Crippen molar-refractivity contribution in [1.82, 2.24) is 0 Å². The molecule has 0 aliphatic heterocycles. The summed E-state index contributed by atoms with van der Waals surface area (Å²) in [6.45, 7) is 3.53. The Balaban J connectivity index is 2.42. The van der Waals surface area contributed by atoms with Gasteiger partial charge in [0.2, 0.25) is 0 Å². The lowest BCUT2D eigenvalue weighted by Crippen LogP contribution is -2.06. The van der Waals surface area contributed by atoms with Gasteiger partial charge in [-0.25, -0.2) is 4.39 Å². The molecule has 0 heterocycles. The molecule has 0 bridgehead atoms. The SMILES string of the molecule is CCOCCOc1cc(F)cc(Br)c1. The maximum absolute atomic E-state index is 12.9. The van der Waals surface area contributed by atoms with Crippen LogP contribution >= 0.6 is 15.9 Å². The standard InChI is InChI=1S/C10H12BrFO2/c1-2-13-3-4-14-10-6-8(11)5-9(12)7-10/h5-7H,2-4H2,1H3. The Labute approximate surface area is 91.2 Å². The van der Waals surface area contributed by atoms with Gasteiger partial charge in [0.25, 0.3) is 0 Å². The highest BCUT2D eigenvalue weighted by atomic mass is 79.9. The highest BCUT2D eigenvalue weighted by Crippen LogP contribution is 2.20. The van der Waals surface area contributed by atoms with Crippen LogP contribution in [-0.4, -0.2) is 19.8 Å². The summed E-state index contributed by atoms with van der Waals surface area (Å²) in [5, 5.41) is 0. The normalized spacial score (nSPS) is 10.2. The molecule has 1 aromatic carbocycles. The molecule has 0 radical (unpaired) electrons. The van der Waals surface area contributed by atoms with E-state index in [1.807, 2.05) is 6.92 Å². The summed E-state index contributed by atoms with van der Waals surface area (Å²) >= 11 is 3.18. The first-order chi connectivity index (χ1) is 6.72. The molecule has 0 unspecified atom stereocenters. The van der Waals surface area contributed by atoms with Gasteiger partial charge in [0, 0.05) is 17.1 Å². The molecule has 2 nitrogen and oxygen atoms in total. The van der Waals surface area contributed by atoms with Gasteiger partial charge in [-0.05, 0) is 19.1 Å². The molecule has 0 aliphatic carbocycles. The largest absolute Gasteiger partial charge is 0.491 e. The summed E-state index contributed by atoms with van der Waals surface area (Å²) < 4.78 is 23.9. The zero-order valence-electron chi connectivity index (χ0n) is 7.93. The van der Waals surface area contributed by atoms with E-state index in [2.05, 4.69) is 15.9 Å². The van der Waals surface area contributed by atoms with Crippen molar-refractivity contribution >= 4 is 15.9 Å². The second kappa shape index (κ2) is 5.98. The lowest BCUT2D eigenvalue weighted by molar-refractivity contribution is 0.110. The van der Waals surface area contributed by atoms with E-state index in [9.17, 15) is 4.39 Å². The minimum absolute atomic E-state index is 0.314. The van der Waals surface area contributed by atoms with Crippen LogP contribution in [0.15, 0.2) is 22.7 Å². The Kier molecular flexibility index (Phi) is 4.90. The molecule has 0 saturated heterocycles. The van der Waals surface area contributed by atoms with Crippen LogP contribution in [0.4, 0.5) is 4.39 Å². The van der Waals surface area contributed by atoms with Crippen LogP contribution in [-0.2, 0) is 4.74 Å². The van der Waals surface area contributed by atoms with Gasteiger partial charge < -0.3 is 9.47 Å². The Hall–Kier alpha value is -0.610. The summed E-state index contributed by atoms with van der Waals surface area (Å²) in [6.07, 6.45) is 0. The lowest BCUT2D eigenvalue weighted by atomic mass is 10.3. The van der Waals surface area contributed by atoms with Crippen LogP contribution in [0.25, 0.3) is 0 Å². The summed E-state index contributed by atoms with van der Waals surface area (Å²) in [5.41, 5.74) is 0. The Morgan fingerprint density at radius 1 is 1.29 bits per heavy atom. The molecule has 0 atom stereocenters. The van der Waals surface area contributed by atoms with E-state index in [1.54, 1.807) is 6.07 Å². The first kappa shape index (κ1) is 11.5. The quantitative estimate of drug-likeness (QED) is 0.760. The van der Waals surface area contributed by atoms with Gasteiger partial charge in [-0.3, -0.25) is 0 Å². The summed E-state index contributed by atoms with van der Waals surface area (Å²) in [5.74, 6) is 0.197. The van der Waals surface area contributed by atoms with E-state index >= 15 is 0 Å². The highest BCUT2D eigenvalue weighted by Gasteiger charge is 1.99. The van der Waals surface area contributed by atoms with E-state index in [-0.39, 0.29) is 5.82 Å². The van der Waals surface area contributed by atoms with Crippen LogP contribution in [0.1, 0.15) is 6.92 Å². The third-order valence-electron chi connectivity index (χ3n) is 1.54. The van der Waals surface area contributed by atoms with Crippen molar-refractivity contribution in [3.8, 4) is 5.75 Å². The van der Waals surface area contributed by atoms with E-state index in [0.717, 1.165) is 0 Å². The second-order valence-corrected chi connectivity index (χ2v) is 3.57. The molecule has 1 rings (SSSR count). The first-order valence-electron chi connectivity index (χ1n) is 4.39. The average Bonchev–Trinajstić information content (AvgIpc) is 2.11. The maximum atomic E-state index is 12.9. The van der Waals surface area contributed by atoms with Gasteiger partial charge in [0.1, 0.15) is 18.2 Å². The van der Waals surface area contributed by atoms with Crippen molar-refractivity contribution in [1.29, 1.82) is 0 Å². The van der Waals surface area contributed by atoms with Crippen LogP contribution in [0, 0.1) is 5.82 Å². The summed E-state index contributed by atoms with van der Waals surface area (Å²) in [7, 11) is 0. The van der Waals surface area contributed by atoms with Crippen molar-refractivity contribution < 1.29 is 13.9 Å². The van der Waals surface area contributed by atoms with Gasteiger partial charge in [0.15, 0.2) is 0 Å². The maximum Gasteiger partial charge on any atom is 0.128 e. The van der Waals surface area contributed by atoms with Gasteiger partial charge in [0.05, 0.1) is 6.61 Å². The fraction of sp³-hybridized carbons (Fsp3) is 0.400. The van der Waals surface area contributed by atoms with Crippen molar-refractivity contribution in [3.63, 3.8) is 0 Å². The van der Waals surface area contributed by atoms with E-state index < -0.39 is 0 Å². The van der Waals surface area contributed by atoms with E-state index in [0.29, 0.717) is 30.0 Å². The molecular formula is C10H12BrFO2. The third kappa shape index (κ3) is 4.07. The van der Waals surface area contributed by atoms with Gasteiger partial charge in [-0.15, -0.1) is 0 Å². The predicted molar refractivity (Wildman–Crippen MR) is 56.1 cm³/mol. The number of ether oxygens (including phenoxy) is 2. The minimum atomic E-state index is -0.314. The average molecular weight is 263 g/mol. The zero-order chi connectivity index (χ0) is 10.4. The van der Waals surface area contributed by atoms with Crippen LogP contribution < -0.4 is 4.74 Å².